The summed E-state index contributed by atoms with van der Waals surface area (Å²) in [4.78, 5) is 39.4. The van der Waals surface area contributed by atoms with Crippen LogP contribution in [0.2, 0.25) is 0 Å². The third-order valence-electron chi connectivity index (χ3n) is 9.72. The molecule has 59 heavy (non-hydrogen) atoms. The number of carboxylic acid groups (broad SMARTS) is 1. The largest absolute Gasteiger partial charge is 0.478 e. The van der Waals surface area contributed by atoms with Crippen LogP contribution in [0.5, 0.6) is 0 Å². The molecule has 18 nitrogen and oxygen atoms in total. The lowest BCUT2D eigenvalue weighted by Crippen LogP contribution is -2.27. The zero-order valence-corrected chi connectivity index (χ0v) is 33.2. The fourth-order valence-corrected chi connectivity index (χ4v) is 9.48. The van der Waals surface area contributed by atoms with Crippen LogP contribution in [-0.4, -0.2) is 69.5 Å². The summed E-state index contributed by atoms with van der Waals surface area (Å²) >= 11 is 1.40. The van der Waals surface area contributed by atoms with E-state index >= 15 is 0 Å². The quantitative estimate of drug-likeness (QED) is 0.0532. The maximum atomic E-state index is 13.7. The van der Waals surface area contributed by atoms with Crippen molar-refractivity contribution in [1.82, 2.24) is 24.8 Å². The highest BCUT2D eigenvalue weighted by atomic mass is 32.2. The fraction of sp³-hybridized carbons (Fsp3) is 0.105. The average molecular weight is 855 g/mol. The highest BCUT2D eigenvalue weighted by Crippen LogP contribution is 2.46. The average Bonchev–Trinajstić information content (AvgIpc) is 3.78. The molecule has 2 aliphatic rings. The molecule has 21 heteroatoms. The first-order valence-electron chi connectivity index (χ1n) is 17.3. The lowest BCUT2D eigenvalue weighted by Gasteiger charge is -2.20. The van der Waals surface area contributed by atoms with Gasteiger partial charge in [-0.1, -0.05) is 35.6 Å². The molecule has 3 aromatic carbocycles. The van der Waals surface area contributed by atoms with Crippen LogP contribution in [0, 0.1) is 5.41 Å². The summed E-state index contributed by atoms with van der Waals surface area (Å²) in [6.45, 7) is 1.75. The number of aromatic carboxylic acids is 1. The number of amides is 1. The Hall–Kier alpha value is -6.78. The van der Waals surface area contributed by atoms with Crippen molar-refractivity contribution in [3.05, 3.63) is 95.1 Å². The molecule has 0 spiro atoms. The van der Waals surface area contributed by atoms with Crippen LogP contribution in [-0.2, 0) is 27.3 Å². The molecule has 3 aromatic heterocycles. The molecule has 1 amide bonds. The van der Waals surface area contributed by atoms with Crippen LogP contribution < -0.4 is 21.7 Å². The third kappa shape index (κ3) is 6.59. The van der Waals surface area contributed by atoms with E-state index in [0.717, 1.165) is 29.3 Å². The summed E-state index contributed by atoms with van der Waals surface area (Å²) in [5, 5.41) is 24.5. The van der Waals surface area contributed by atoms with Gasteiger partial charge in [0.25, 0.3) is 26.1 Å². The highest BCUT2D eigenvalue weighted by Gasteiger charge is 2.32. The molecular formula is C38H30N8O10S3. The van der Waals surface area contributed by atoms with Crippen LogP contribution in [0.3, 0.4) is 0 Å². The third-order valence-corrected chi connectivity index (χ3v) is 12.6. The van der Waals surface area contributed by atoms with Gasteiger partial charge in [-0.2, -0.15) is 16.8 Å². The molecule has 0 unspecified atom stereocenters. The summed E-state index contributed by atoms with van der Waals surface area (Å²) in [7, 11) is -6.72. The lowest BCUT2D eigenvalue weighted by molar-refractivity contribution is 0.0697. The molecule has 1 aliphatic heterocycles. The van der Waals surface area contributed by atoms with Gasteiger partial charge in [0, 0.05) is 41.7 Å². The van der Waals surface area contributed by atoms with E-state index < -0.39 is 75.9 Å². The first kappa shape index (κ1) is 39.1. The number of fused-ring (bicyclic) bond motifs is 5. The number of nitrogen functional groups attached to an aromatic ring is 1. The van der Waals surface area contributed by atoms with Gasteiger partial charge in [0.15, 0.2) is 27.0 Å². The minimum absolute atomic E-state index is 0.0731. The SMILES string of the molecule is CNc1nc2sc(-c3cccc([C@H](C)NC(=O)c4ccc(-c5c6ccc(=N)c(S(=O)(=O)O)c-6oc6c(S(=O)(=O)O)c(N)ccc56)c(C(=O)O)c4)c3)nc2c2c1ncn2C. The van der Waals surface area contributed by atoms with E-state index in [-0.39, 0.29) is 27.6 Å². The topological polar surface area (TPSA) is 294 Å². The minimum atomic E-state index is -5.20. The van der Waals surface area contributed by atoms with Crippen LogP contribution in [0.15, 0.2) is 87.3 Å². The number of carboxylic acids is 1. The van der Waals surface area contributed by atoms with Gasteiger partial charge in [-0.05, 0) is 60.5 Å². The van der Waals surface area contributed by atoms with Gasteiger partial charge in [0.1, 0.15) is 26.4 Å². The molecule has 300 valence electrons. The van der Waals surface area contributed by atoms with Gasteiger partial charge < -0.3 is 30.5 Å². The van der Waals surface area contributed by atoms with Crippen molar-refractivity contribution < 1.29 is 45.1 Å². The number of nitrogens with two attached hydrogens (primary N) is 1. The number of carbonyl (C=O) groups is 2. The van der Waals surface area contributed by atoms with Crippen molar-refractivity contribution in [2.45, 2.75) is 22.8 Å². The number of benzene rings is 4. The van der Waals surface area contributed by atoms with E-state index in [1.165, 1.54) is 35.6 Å². The van der Waals surface area contributed by atoms with E-state index in [9.17, 15) is 40.6 Å². The molecule has 0 radical (unpaired) electrons. The number of hydrogen-bond donors (Lipinski definition) is 7. The van der Waals surface area contributed by atoms with Crippen LogP contribution >= 0.6 is 11.3 Å². The number of aryl methyl sites for hydroxylation is 1. The number of hydrogen-bond acceptors (Lipinski definition) is 14. The van der Waals surface area contributed by atoms with E-state index in [1.54, 1.807) is 20.3 Å². The lowest BCUT2D eigenvalue weighted by atomic mass is 9.89. The van der Waals surface area contributed by atoms with Crippen LogP contribution in [0.1, 0.15) is 39.2 Å². The van der Waals surface area contributed by atoms with Crippen molar-refractivity contribution in [2.75, 3.05) is 18.1 Å². The van der Waals surface area contributed by atoms with Crippen molar-refractivity contribution >= 4 is 87.3 Å². The molecule has 8 N–H and O–H groups in total. The second-order valence-electron chi connectivity index (χ2n) is 13.4. The first-order chi connectivity index (χ1) is 27.9. The Bertz CT molecular complexity index is 3380. The van der Waals surface area contributed by atoms with E-state index in [1.807, 2.05) is 35.9 Å². The normalized spacial score (nSPS) is 12.7. The zero-order chi connectivity index (χ0) is 42.3. The molecule has 6 aromatic rings. The van der Waals surface area contributed by atoms with Gasteiger partial charge in [0.05, 0.1) is 29.0 Å². The number of imidazole rings is 1. The number of anilines is 2. The number of pyridine rings is 1. The van der Waals surface area contributed by atoms with Gasteiger partial charge >= 0.3 is 5.97 Å². The highest BCUT2D eigenvalue weighted by molar-refractivity contribution is 7.86. The Morgan fingerprint density at radius 2 is 1.68 bits per heavy atom. The van der Waals surface area contributed by atoms with Crippen molar-refractivity contribution in [2.24, 2.45) is 7.05 Å². The van der Waals surface area contributed by atoms with Crippen molar-refractivity contribution in [1.29, 1.82) is 5.41 Å². The van der Waals surface area contributed by atoms with Crippen molar-refractivity contribution in [3.8, 4) is 33.0 Å². The second kappa shape index (κ2) is 14.0. The molecule has 8 rings (SSSR count). The predicted octanol–water partition coefficient (Wildman–Crippen LogP) is 5.55. The zero-order valence-electron chi connectivity index (χ0n) is 30.8. The van der Waals surface area contributed by atoms with E-state index in [2.05, 4.69) is 15.6 Å². The standard InChI is InChI=1S/C38H30N8O10S3/c1-16(17-5-4-6-19(13-17)36-44-28-29-27(42-15-46(29)3)34(41-2)45-37(28)57-36)43-35(47)18-7-8-20(23(14-18)38(48)49)26-21-9-11-24(39)32(58(50,51)52)30(21)56-31-22(26)10-12-25(40)33(31)59(53,54)55/h4-16,39H,40H2,1-3H3,(H,41,45)(H,43,47)(H,48,49)(H,50,51,52)(H,53,54,55)/t16-/m0/s1. The minimum Gasteiger partial charge on any atom is -0.478 e. The Kier molecular flexibility index (Phi) is 9.24. The maximum Gasteiger partial charge on any atom is 0.336 e. The molecule has 0 saturated carbocycles. The molecule has 4 heterocycles. The molecule has 0 saturated heterocycles. The summed E-state index contributed by atoms with van der Waals surface area (Å²) < 4.78 is 77.9. The molecule has 0 fully saturated rings. The van der Waals surface area contributed by atoms with Gasteiger partial charge in [-0.3, -0.25) is 19.3 Å². The van der Waals surface area contributed by atoms with Crippen LogP contribution in [0.25, 0.3) is 65.4 Å². The summed E-state index contributed by atoms with van der Waals surface area (Å²) in [5.74, 6) is -2.27. The number of carbonyl (C=O) groups excluding carboxylic acids is 1. The Balaban J connectivity index is 1.19. The number of nitrogens with zero attached hydrogens (tertiary/aromatic N) is 4. The number of rotatable bonds is 9. The Morgan fingerprint density at radius 1 is 0.949 bits per heavy atom. The fourth-order valence-electron chi connectivity index (χ4n) is 7.06. The van der Waals surface area contributed by atoms with Crippen molar-refractivity contribution in [3.63, 3.8) is 0 Å². The number of nitrogens with one attached hydrogen (secondary N) is 3. The Labute approximate surface area is 337 Å². The second-order valence-corrected chi connectivity index (χ2v) is 17.1. The Morgan fingerprint density at radius 3 is 2.37 bits per heavy atom. The van der Waals surface area contributed by atoms with Gasteiger partial charge in [-0.15, -0.1) is 0 Å². The van der Waals surface area contributed by atoms with Gasteiger partial charge in [0.2, 0.25) is 0 Å². The van der Waals surface area contributed by atoms with Gasteiger partial charge in [-0.25, -0.2) is 19.7 Å². The first-order valence-corrected chi connectivity index (χ1v) is 21.0. The summed E-state index contributed by atoms with van der Waals surface area (Å²) in [5.41, 5.74) is 7.45. The number of thiazole rings is 1. The monoisotopic (exact) mass is 854 g/mol. The maximum absolute atomic E-state index is 13.7. The predicted molar refractivity (Wildman–Crippen MR) is 218 cm³/mol. The smallest absolute Gasteiger partial charge is 0.336 e. The molecule has 1 aliphatic carbocycles. The van der Waals surface area contributed by atoms with E-state index in [4.69, 9.17) is 25.5 Å². The van der Waals surface area contributed by atoms with E-state index in [0.29, 0.717) is 32.3 Å². The van der Waals surface area contributed by atoms with Crippen LogP contribution in [0.4, 0.5) is 11.5 Å². The molecule has 0 bridgehead atoms. The molecular weight excluding hydrogens is 825 g/mol. The summed E-state index contributed by atoms with van der Waals surface area (Å²) in [6.07, 6.45) is 1.70. The summed E-state index contributed by atoms with van der Waals surface area (Å²) in [6, 6.07) is 15.1. The number of aromatic nitrogens is 4. The molecule has 1 atom stereocenters.